The molecule has 0 saturated carbocycles. The molecule has 0 bridgehead atoms. The molecule has 0 unspecified atom stereocenters. The molecule has 2 fully saturated rings. The largest absolute Gasteiger partial charge is 0.507 e. The molecule has 4 atom stereocenters. The molecule has 2 saturated heterocycles. The Kier molecular flexibility index (Phi) is 8.74. The molecule has 0 aromatic heterocycles. The maximum absolute atomic E-state index is 13.9. The molecule has 0 spiro atoms. The highest BCUT2D eigenvalue weighted by Crippen LogP contribution is 2.52. The van der Waals surface area contributed by atoms with Crippen molar-refractivity contribution in [3.05, 3.63) is 88.0 Å². The number of fused-ring (bicyclic) bond motifs is 4. The van der Waals surface area contributed by atoms with Crippen LogP contribution in [0.4, 0.5) is 32.0 Å². The van der Waals surface area contributed by atoms with Crippen molar-refractivity contribution in [2.75, 3.05) is 4.90 Å². The van der Waals surface area contributed by atoms with E-state index >= 15 is 0 Å². The van der Waals surface area contributed by atoms with E-state index in [4.69, 9.17) is 4.65 Å². The second-order valence-electron chi connectivity index (χ2n) is 12.7. The first kappa shape index (κ1) is 33.8. The highest BCUT2D eigenvalue weighted by Gasteiger charge is 2.57. The molecule has 0 radical (unpaired) electrons. The van der Waals surface area contributed by atoms with E-state index in [1.165, 1.54) is 0 Å². The van der Waals surface area contributed by atoms with Crippen LogP contribution in [0.3, 0.4) is 0 Å². The topological polar surface area (TPSA) is 87.1 Å². The third-order valence-electron chi connectivity index (χ3n) is 9.76. The van der Waals surface area contributed by atoms with Crippen LogP contribution in [0.2, 0.25) is 6.32 Å². The number of hydrogen-bond acceptors (Lipinski definition) is 5. The number of benzene rings is 3. The van der Waals surface area contributed by atoms with E-state index in [2.05, 4.69) is 0 Å². The Labute approximate surface area is 272 Å². The maximum Gasteiger partial charge on any atom is 0.455 e. The minimum Gasteiger partial charge on any atom is -0.507 e. The van der Waals surface area contributed by atoms with Crippen molar-refractivity contribution < 1.29 is 50.7 Å². The standard InChI is InChI=1S/C35H32BF6NO5/c1-3-19(13-20-9-10-28(44)25-7-5-4-6-24(20)25)8-11-29-30-18(2)12-26-31(27(30)17-36(47)48-29)33(46)43(32(26)45)23-15-21(34(37,38)39)14-22(16-23)35(40,41)42/h4-7,9-10,13-16,26-27,29,31,44,47H,3,8,11-12,17H2,1-2H3/b19-13+/t26-,27+,29-,31-/m1/s1. The van der Waals surface area contributed by atoms with Crippen molar-refractivity contribution in [3.8, 4) is 5.75 Å². The van der Waals surface area contributed by atoms with Crippen molar-refractivity contribution in [3.63, 3.8) is 0 Å². The number of imide groups is 1. The predicted molar refractivity (Wildman–Crippen MR) is 167 cm³/mol. The highest BCUT2D eigenvalue weighted by atomic mass is 19.4. The smallest absolute Gasteiger partial charge is 0.455 e. The van der Waals surface area contributed by atoms with E-state index in [0.717, 1.165) is 27.7 Å². The Balaban J connectivity index is 1.29. The number of rotatable bonds is 6. The fraction of sp³-hybridized carbons (Fsp3) is 0.371. The lowest BCUT2D eigenvalue weighted by molar-refractivity contribution is -0.143. The van der Waals surface area contributed by atoms with Gasteiger partial charge in [0.1, 0.15) is 5.75 Å². The summed E-state index contributed by atoms with van der Waals surface area (Å²) >= 11 is 0. The highest BCUT2D eigenvalue weighted by molar-refractivity contribution is 6.43. The number of phenolic OH excluding ortho intramolecular Hbond substituents is 1. The zero-order valence-electron chi connectivity index (χ0n) is 26.0. The minimum absolute atomic E-state index is 0.0477. The lowest BCUT2D eigenvalue weighted by atomic mass is 9.58. The summed E-state index contributed by atoms with van der Waals surface area (Å²) in [7, 11) is -1.30. The van der Waals surface area contributed by atoms with Gasteiger partial charge in [-0.15, -0.1) is 0 Å². The normalized spacial score (nSPS) is 23.6. The molecular weight excluding hydrogens is 639 g/mol. The molecule has 2 aliphatic heterocycles. The molecular formula is C35H32BF6NO5. The molecule has 1 aliphatic carbocycles. The van der Waals surface area contributed by atoms with Crippen molar-refractivity contribution in [1.82, 2.24) is 0 Å². The zero-order chi connectivity index (χ0) is 34.7. The van der Waals surface area contributed by atoms with Gasteiger partial charge in [0.2, 0.25) is 11.8 Å². The average molecular weight is 671 g/mol. The fourth-order valence-electron chi connectivity index (χ4n) is 7.56. The summed E-state index contributed by atoms with van der Waals surface area (Å²) in [5, 5.41) is 22.6. The number of alkyl halides is 6. The van der Waals surface area contributed by atoms with Gasteiger partial charge in [-0.2, -0.15) is 26.3 Å². The summed E-state index contributed by atoms with van der Waals surface area (Å²) in [6.45, 7) is 3.77. The second-order valence-corrected chi connectivity index (χ2v) is 12.7. The van der Waals surface area contributed by atoms with Crippen LogP contribution >= 0.6 is 0 Å². The maximum atomic E-state index is 13.9. The summed E-state index contributed by atoms with van der Waals surface area (Å²) in [4.78, 5) is 27.9. The SMILES string of the molecule is CC/C(=C\c1ccc(O)c2ccccc12)CC[C@H]1OB(O)C[C@H]2C1=C(C)C[C@H]1C(=O)N(c3cc(C(F)(F)F)cc(C(F)(F)F)c3)C(=O)[C@H]12. The molecule has 3 aliphatic rings. The van der Waals surface area contributed by atoms with E-state index in [1.54, 1.807) is 13.0 Å². The van der Waals surface area contributed by atoms with Crippen LogP contribution in [0.25, 0.3) is 16.8 Å². The van der Waals surface area contributed by atoms with Crippen molar-refractivity contribution in [2.45, 2.75) is 64.3 Å². The van der Waals surface area contributed by atoms with Gasteiger partial charge in [0.25, 0.3) is 0 Å². The first-order valence-electron chi connectivity index (χ1n) is 15.7. The van der Waals surface area contributed by atoms with Gasteiger partial charge in [-0.1, -0.05) is 54.5 Å². The first-order valence-corrected chi connectivity index (χ1v) is 15.7. The van der Waals surface area contributed by atoms with Crippen molar-refractivity contribution in [1.29, 1.82) is 0 Å². The second kappa shape index (κ2) is 12.4. The van der Waals surface area contributed by atoms with Gasteiger partial charge in [-0.05, 0) is 85.6 Å². The van der Waals surface area contributed by atoms with Gasteiger partial charge < -0.3 is 14.8 Å². The van der Waals surface area contributed by atoms with Gasteiger partial charge in [-0.3, -0.25) is 9.59 Å². The monoisotopic (exact) mass is 671 g/mol. The van der Waals surface area contributed by atoms with Crippen LogP contribution in [-0.2, 0) is 26.6 Å². The molecule has 48 heavy (non-hydrogen) atoms. The number of aromatic hydroxyl groups is 1. The van der Waals surface area contributed by atoms with E-state index in [9.17, 15) is 46.1 Å². The van der Waals surface area contributed by atoms with Crippen LogP contribution < -0.4 is 4.90 Å². The summed E-state index contributed by atoms with van der Waals surface area (Å²) in [5.74, 6) is -4.37. The number of allylic oxidation sites excluding steroid dienone is 2. The Morgan fingerprint density at radius 1 is 0.958 bits per heavy atom. The molecule has 3 aromatic carbocycles. The lowest BCUT2D eigenvalue weighted by Crippen LogP contribution is -2.46. The third-order valence-corrected chi connectivity index (χ3v) is 9.76. The van der Waals surface area contributed by atoms with E-state index in [1.807, 2.05) is 43.3 Å². The Morgan fingerprint density at radius 3 is 2.23 bits per heavy atom. The van der Waals surface area contributed by atoms with Gasteiger partial charge in [-0.25, -0.2) is 4.90 Å². The first-order chi connectivity index (χ1) is 22.6. The number of carbonyl (C=O) groups is 2. The lowest BCUT2D eigenvalue weighted by Gasteiger charge is -2.42. The van der Waals surface area contributed by atoms with Gasteiger partial charge in [0, 0.05) is 5.39 Å². The summed E-state index contributed by atoms with van der Waals surface area (Å²) in [5.41, 5.74) is -0.593. The molecule has 13 heteroatoms. The summed E-state index contributed by atoms with van der Waals surface area (Å²) in [6.07, 6.45) is -7.22. The fourth-order valence-corrected chi connectivity index (χ4v) is 7.56. The van der Waals surface area contributed by atoms with Gasteiger partial charge >= 0.3 is 19.5 Å². The molecule has 2 amide bonds. The minimum atomic E-state index is -5.15. The number of phenols is 1. The quantitative estimate of drug-likeness (QED) is 0.120. The number of amides is 2. The number of nitrogens with zero attached hydrogens (tertiary/aromatic N) is 1. The van der Waals surface area contributed by atoms with Gasteiger partial charge in [0.15, 0.2) is 0 Å². The average Bonchev–Trinajstić information content (AvgIpc) is 3.27. The molecule has 2 heterocycles. The third kappa shape index (κ3) is 6.14. The van der Waals surface area contributed by atoms with Crippen LogP contribution in [0, 0.1) is 17.8 Å². The van der Waals surface area contributed by atoms with Crippen LogP contribution in [-0.4, -0.2) is 35.2 Å². The van der Waals surface area contributed by atoms with Crippen LogP contribution in [0.1, 0.15) is 56.2 Å². The molecule has 6 rings (SSSR count). The number of halogens is 6. The number of carbonyl (C=O) groups excluding carboxylic acids is 2. The Hall–Kier alpha value is -4.10. The van der Waals surface area contributed by atoms with E-state index in [0.29, 0.717) is 41.7 Å². The zero-order valence-corrected chi connectivity index (χ0v) is 26.0. The molecule has 3 aromatic rings. The predicted octanol–water partition coefficient (Wildman–Crippen LogP) is 8.18. The van der Waals surface area contributed by atoms with Crippen molar-refractivity contribution >= 4 is 41.5 Å². The molecule has 252 valence electrons. The number of anilines is 1. The van der Waals surface area contributed by atoms with Crippen LogP contribution in [0.15, 0.2) is 71.3 Å². The Morgan fingerprint density at radius 2 is 1.60 bits per heavy atom. The van der Waals surface area contributed by atoms with E-state index in [-0.39, 0.29) is 24.6 Å². The Bertz CT molecular complexity index is 1820. The summed E-state index contributed by atoms with van der Waals surface area (Å²) in [6, 6.07) is 11.7. The van der Waals surface area contributed by atoms with Crippen molar-refractivity contribution in [2.24, 2.45) is 17.8 Å². The molecule has 6 nitrogen and oxygen atoms in total. The van der Waals surface area contributed by atoms with Gasteiger partial charge in [0.05, 0.1) is 34.8 Å². The van der Waals surface area contributed by atoms with Crippen LogP contribution in [0.5, 0.6) is 5.75 Å². The van der Waals surface area contributed by atoms with E-state index < -0.39 is 72.0 Å². The number of hydrogen-bond donors (Lipinski definition) is 2. The molecule has 2 N–H and O–H groups in total. The summed E-state index contributed by atoms with van der Waals surface area (Å²) < 4.78 is 87.7.